The second kappa shape index (κ2) is 18.3. The number of ether oxygens (including phenoxy) is 2. The van der Waals surface area contributed by atoms with Crippen molar-refractivity contribution in [2.75, 3.05) is 0 Å². The average Bonchev–Trinajstić information content (AvgIpc) is 4.20. The average molecular weight is 862 g/mol. The maximum absolute atomic E-state index is 8.82. The van der Waals surface area contributed by atoms with Crippen LogP contribution in [0.1, 0.15) is 76.3 Å². The van der Waals surface area contributed by atoms with E-state index in [1.807, 2.05) is 80.8 Å². The van der Waals surface area contributed by atoms with Gasteiger partial charge in [-0.15, -0.1) is 0 Å². The molecule has 2 N–H and O–H groups in total. The molecule has 0 radical (unpaired) electrons. The zero-order chi connectivity index (χ0) is 41.8. The standard InChI is InChI=1S/C25H24N2O.C16H15BrN2O.C9H11BO2/c1-17(2)28-23-12-9-20(10-13-23)22-11-14-25-26-15-24(27(25)16-22)21-7-5-19(6-8-21)18-3-4-18;1-11(2)20-14-6-3-12(4-7-14)13-5-8-16-18-9-15(17)19(16)10-13;11-10(12)9-5-3-8(4-6-9)7-1-2-7/h5-18H,3-4H2,1-2H3;3-11H,1-2H3;3-7,11-12H,1-2H2. The molecule has 2 aliphatic rings. The number of halogens is 1. The van der Waals surface area contributed by atoms with E-state index in [1.54, 1.807) is 18.3 Å². The first kappa shape index (κ1) is 41.1. The van der Waals surface area contributed by atoms with E-state index in [0.29, 0.717) is 5.46 Å². The summed E-state index contributed by atoms with van der Waals surface area (Å²) < 4.78 is 16.6. The van der Waals surface area contributed by atoms with Crippen LogP contribution in [0.5, 0.6) is 11.5 Å². The molecule has 8 nitrogen and oxygen atoms in total. The molecule has 2 fully saturated rings. The molecule has 304 valence electrons. The lowest BCUT2D eigenvalue weighted by molar-refractivity contribution is 0.242. The quantitative estimate of drug-likeness (QED) is 0.133. The van der Waals surface area contributed by atoms with Crippen LogP contribution in [0.4, 0.5) is 0 Å². The molecule has 0 unspecified atom stereocenters. The molecule has 0 spiro atoms. The van der Waals surface area contributed by atoms with Crippen molar-refractivity contribution in [1.82, 2.24) is 18.8 Å². The van der Waals surface area contributed by atoms with Gasteiger partial charge in [0.1, 0.15) is 27.4 Å². The predicted molar refractivity (Wildman–Crippen MR) is 246 cm³/mol. The first-order valence-electron chi connectivity index (χ1n) is 20.8. The number of benzene rings is 4. The number of nitrogens with zero attached hydrogens (tertiary/aromatic N) is 4. The van der Waals surface area contributed by atoms with E-state index < -0.39 is 7.12 Å². The summed E-state index contributed by atoms with van der Waals surface area (Å²) in [6.45, 7) is 8.13. The first-order valence-corrected chi connectivity index (χ1v) is 21.6. The van der Waals surface area contributed by atoms with Gasteiger partial charge in [-0.25, -0.2) is 9.97 Å². The van der Waals surface area contributed by atoms with Crippen LogP contribution in [-0.4, -0.2) is 48.1 Å². The monoisotopic (exact) mass is 860 g/mol. The fraction of sp³-hybridized carbons (Fsp3) is 0.240. The van der Waals surface area contributed by atoms with Gasteiger partial charge < -0.3 is 19.5 Å². The number of fused-ring (bicyclic) bond motifs is 2. The molecular weight excluding hydrogens is 811 g/mol. The number of hydrogen-bond donors (Lipinski definition) is 2. The molecule has 10 rings (SSSR count). The Kier molecular flexibility index (Phi) is 12.5. The number of rotatable bonds is 10. The van der Waals surface area contributed by atoms with Crippen molar-refractivity contribution in [1.29, 1.82) is 0 Å². The number of imidazole rings is 2. The second-order valence-corrected chi connectivity index (χ2v) is 16.9. The van der Waals surface area contributed by atoms with Crippen LogP contribution in [0.15, 0.2) is 151 Å². The molecule has 2 saturated carbocycles. The van der Waals surface area contributed by atoms with Crippen LogP contribution in [0.2, 0.25) is 0 Å². The van der Waals surface area contributed by atoms with Crippen molar-refractivity contribution in [2.45, 2.75) is 77.4 Å². The zero-order valence-electron chi connectivity index (χ0n) is 34.4. The van der Waals surface area contributed by atoms with Crippen LogP contribution in [0.3, 0.4) is 0 Å². The highest BCUT2D eigenvalue weighted by Gasteiger charge is 2.24. The largest absolute Gasteiger partial charge is 0.491 e. The minimum Gasteiger partial charge on any atom is -0.491 e. The van der Waals surface area contributed by atoms with E-state index >= 15 is 0 Å². The van der Waals surface area contributed by atoms with Gasteiger partial charge in [0.25, 0.3) is 0 Å². The maximum atomic E-state index is 8.82. The topological polar surface area (TPSA) is 93.5 Å². The molecule has 60 heavy (non-hydrogen) atoms. The lowest BCUT2D eigenvalue weighted by atomic mass is 9.80. The van der Waals surface area contributed by atoms with Crippen molar-refractivity contribution in [3.63, 3.8) is 0 Å². The Balaban J connectivity index is 0.000000136. The van der Waals surface area contributed by atoms with E-state index in [2.05, 4.69) is 109 Å². The smallest absolute Gasteiger partial charge is 0.488 e. The summed E-state index contributed by atoms with van der Waals surface area (Å²) in [5, 5.41) is 17.6. The summed E-state index contributed by atoms with van der Waals surface area (Å²) >= 11 is 3.49. The normalized spacial score (nSPS) is 13.5. The van der Waals surface area contributed by atoms with Crippen LogP contribution in [0.25, 0.3) is 44.8 Å². The Morgan fingerprint density at radius 3 is 1.42 bits per heavy atom. The maximum Gasteiger partial charge on any atom is 0.488 e. The van der Waals surface area contributed by atoms with E-state index in [1.165, 1.54) is 47.9 Å². The van der Waals surface area contributed by atoms with Gasteiger partial charge in [-0.1, -0.05) is 72.8 Å². The molecule has 10 heteroatoms. The molecule has 4 aromatic carbocycles. The Morgan fingerprint density at radius 1 is 0.533 bits per heavy atom. The fourth-order valence-corrected chi connectivity index (χ4v) is 7.57. The minimum absolute atomic E-state index is 0.182. The number of pyridine rings is 2. The molecule has 0 amide bonds. The molecule has 4 aromatic heterocycles. The van der Waals surface area contributed by atoms with Gasteiger partial charge in [0.05, 0.1) is 30.3 Å². The summed E-state index contributed by atoms with van der Waals surface area (Å²) in [6, 6.07) is 41.2. The summed E-state index contributed by atoms with van der Waals surface area (Å²) in [7, 11) is -1.33. The summed E-state index contributed by atoms with van der Waals surface area (Å²) in [4.78, 5) is 8.89. The Morgan fingerprint density at radius 2 is 0.950 bits per heavy atom. The van der Waals surface area contributed by atoms with Crippen LogP contribution in [-0.2, 0) is 0 Å². The first-order chi connectivity index (χ1) is 29.1. The van der Waals surface area contributed by atoms with Gasteiger partial charge in [0.2, 0.25) is 0 Å². The summed E-state index contributed by atoms with van der Waals surface area (Å²) in [5.74, 6) is 3.31. The lowest BCUT2D eigenvalue weighted by Crippen LogP contribution is -2.29. The van der Waals surface area contributed by atoms with E-state index in [0.717, 1.165) is 61.6 Å². The number of hydrogen-bond acceptors (Lipinski definition) is 6. The highest BCUT2D eigenvalue weighted by Crippen LogP contribution is 2.41. The van der Waals surface area contributed by atoms with Crippen molar-refractivity contribution in [2.24, 2.45) is 0 Å². The second-order valence-electron chi connectivity index (χ2n) is 16.1. The fourth-order valence-electron chi connectivity index (χ4n) is 7.18. The van der Waals surface area contributed by atoms with Crippen molar-refractivity contribution in [3.8, 4) is 45.0 Å². The predicted octanol–water partition coefficient (Wildman–Crippen LogP) is 11.1. The van der Waals surface area contributed by atoms with E-state index in [-0.39, 0.29) is 12.2 Å². The third-order valence-corrected chi connectivity index (χ3v) is 11.2. The van der Waals surface area contributed by atoms with E-state index in [4.69, 9.17) is 19.5 Å². The number of aromatic nitrogens is 4. The molecule has 8 aromatic rings. The van der Waals surface area contributed by atoms with Crippen molar-refractivity contribution >= 4 is 39.8 Å². The molecule has 0 aliphatic heterocycles. The Hall–Kier alpha value is -5.68. The van der Waals surface area contributed by atoms with Gasteiger partial charge in [-0.2, -0.15) is 0 Å². The highest BCUT2D eigenvalue weighted by molar-refractivity contribution is 9.10. The molecular formula is C50H50BBrN4O4. The SMILES string of the molecule is CC(C)Oc1ccc(-c2ccc3ncc(-c4ccc(C5CC5)cc4)n3c2)cc1.CC(C)Oc1ccc(-c2ccc3ncc(Br)n3c2)cc1.OB(O)c1ccc(C2CC2)cc1. The van der Waals surface area contributed by atoms with E-state index in [9.17, 15) is 0 Å². The molecule has 0 bridgehead atoms. The molecule has 2 aliphatic carbocycles. The zero-order valence-corrected chi connectivity index (χ0v) is 36.0. The van der Waals surface area contributed by atoms with Crippen LogP contribution >= 0.6 is 15.9 Å². The highest BCUT2D eigenvalue weighted by atomic mass is 79.9. The van der Waals surface area contributed by atoms with Crippen molar-refractivity contribution < 1.29 is 19.5 Å². The molecule has 4 heterocycles. The third-order valence-electron chi connectivity index (χ3n) is 10.6. The van der Waals surface area contributed by atoms with Crippen LogP contribution < -0.4 is 14.9 Å². The van der Waals surface area contributed by atoms with Gasteiger partial charge >= 0.3 is 7.12 Å². The molecule has 0 saturated heterocycles. The van der Waals surface area contributed by atoms with Gasteiger partial charge in [0, 0.05) is 18.0 Å². The van der Waals surface area contributed by atoms with Gasteiger partial charge in [-0.05, 0) is 169 Å². The van der Waals surface area contributed by atoms with Gasteiger partial charge in [0.15, 0.2) is 0 Å². The summed E-state index contributed by atoms with van der Waals surface area (Å²) in [5.41, 5.74) is 12.2. The van der Waals surface area contributed by atoms with Crippen molar-refractivity contribution in [3.05, 3.63) is 162 Å². The molecule has 0 atom stereocenters. The Bertz CT molecular complexity index is 2630. The minimum atomic E-state index is -1.33. The van der Waals surface area contributed by atoms with Crippen LogP contribution in [0, 0.1) is 0 Å². The third kappa shape index (κ3) is 10.2. The van der Waals surface area contributed by atoms with Gasteiger partial charge in [-0.3, -0.25) is 8.80 Å². The Labute approximate surface area is 360 Å². The lowest BCUT2D eigenvalue weighted by Gasteiger charge is -2.11. The summed E-state index contributed by atoms with van der Waals surface area (Å²) in [6.07, 6.45) is 13.6.